The number of carboxylic acid groups (broad SMARTS) is 1. The molecule has 0 bridgehead atoms. The number of aromatic hydroxyl groups is 2. The van der Waals surface area contributed by atoms with E-state index in [4.69, 9.17) is 5.11 Å². The van der Waals surface area contributed by atoms with Crippen LogP contribution in [0.2, 0.25) is 0 Å². The van der Waals surface area contributed by atoms with Crippen molar-refractivity contribution in [3.63, 3.8) is 0 Å². The molecule has 1 aromatic rings. The van der Waals surface area contributed by atoms with Crippen LogP contribution in [0.4, 0.5) is 4.39 Å². The molecule has 0 aliphatic carbocycles. The summed E-state index contributed by atoms with van der Waals surface area (Å²) in [5.74, 6) is -4.15. The van der Waals surface area contributed by atoms with Crippen molar-refractivity contribution in [2.45, 2.75) is 20.3 Å². The number of hydrogen-bond acceptors (Lipinski definition) is 3. The lowest BCUT2D eigenvalue weighted by Crippen LogP contribution is -2.12. The van der Waals surface area contributed by atoms with Crippen molar-refractivity contribution in [2.75, 3.05) is 0 Å². The molecular weight excluding hydrogens is 215 g/mol. The van der Waals surface area contributed by atoms with Gasteiger partial charge in [-0.3, -0.25) is 4.79 Å². The Morgan fingerprint density at radius 3 is 2.50 bits per heavy atom. The second-order valence-electron chi connectivity index (χ2n) is 3.81. The average molecular weight is 228 g/mol. The molecule has 1 rings (SSSR count). The Kier molecular flexibility index (Phi) is 3.37. The van der Waals surface area contributed by atoms with Gasteiger partial charge < -0.3 is 15.3 Å². The first kappa shape index (κ1) is 12.3. The number of carboxylic acids is 1. The zero-order valence-electron chi connectivity index (χ0n) is 8.99. The summed E-state index contributed by atoms with van der Waals surface area (Å²) in [4.78, 5) is 10.6. The van der Waals surface area contributed by atoms with E-state index >= 15 is 0 Å². The number of halogens is 1. The highest BCUT2D eigenvalue weighted by Gasteiger charge is 2.19. The Morgan fingerprint density at radius 2 is 2.00 bits per heavy atom. The van der Waals surface area contributed by atoms with E-state index in [0.717, 1.165) is 0 Å². The molecular formula is C11H13FO4. The van der Waals surface area contributed by atoms with Crippen molar-refractivity contribution in [1.29, 1.82) is 0 Å². The van der Waals surface area contributed by atoms with Gasteiger partial charge in [-0.15, -0.1) is 0 Å². The van der Waals surface area contributed by atoms with Gasteiger partial charge in [-0.1, -0.05) is 6.92 Å². The molecule has 4 nitrogen and oxygen atoms in total. The first-order chi connectivity index (χ1) is 7.34. The van der Waals surface area contributed by atoms with E-state index in [9.17, 15) is 19.4 Å². The summed E-state index contributed by atoms with van der Waals surface area (Å²) in [6, 6.07) is 1.38. The minimum Gasteiger partial charge on any atom is -0.505 e. The standard InChI is InChI=1S/C11H13FO4/c1-5-3-7(4-6(2)11(15)16)10(14)8(12)9(5)13/h3,6,13-14H,4H2,1-2H3,(H,15,16). The predicted octanol–water partition coefficient (Wildman–Crippen LogP) is 1.81. The molecule has 1 atom stereocenters. The monoisotopic (exact) mass is 228 g/mol. The van der Waals surface area contributed by atoms with Gasteiger partial charge in [0.2, 0.25) is 5.82 Å². The van der Waals surface area contributed by atoms with Crippen LogP contribution in [0, 0.1) is 18.7 Å². The fraction of sp³-hybridized carbons (Fsp3) is 0.364. The quantitative estimate of drug-likeness (QED) is 0.737. The average Bonchev–Trinajstić information content (AvgIpc) is 2.22. The highest BCUT2D eigenvalue weighted by atomic mass is 19.1. The minimum absolute atomic E-state index is 0.0131. The maximum atomic E-state index is 13.3. The van der Waals surface area contributed by atoms with Crippen LogP contribution in [0.3, 0.4) is 0 Å². The van der Waals surface area contributed by atoms with E-state index in [2.05, 4.69) is 0 Å². The van der Waals surface area contributed by atoms with Gasteiger partial charge in [-0.25, -0.2) is 0 Å². The molecule has 88 valence electrons. The molecule has 0 saturated carbocycles. The summed E-state index contributed by atoms with van der Waals surface area (Å²) >= 11 is 0. The highest BCUT2D eigenvalue weighted by Crippen LogP contribution is 2.33. The molecule has 16 heavy (non-hydrogen) atoms. The normalized spacial score (nSPS) is 12.4. The maximum absolute atomic E-state index is 13.3. The molecule has 1 aromatic carbocycles. The molecule has 0 aromatic heterocycles. The zero-order chi connectivity index (χ0) is 12.5. The largest absolute Gasteiger partial charge is 0.505 e. The molecule has 0 amide bonds. The van der Waals surface area contributed by atoms with Gasteiger partial charge in [0.05, 0.1) is 5.92 Å². The number of rotatable bonds is 3. The number of phenols is 2. The Balaban J connectivity index is 3.11. The van der Waals surface area contributed by atoms with Gasteiger partial charge in [0.1, 0.15) is 0 Å². The molecule has 0 aliphatic heterocycles. The highest BCUT2D eigenvalue weighted by molar-refractivity contribution is 5.70. The maximum Gasteiger partial charge on any atom is 0.306 e. The topological polar surface area (TPSA) is 77.8 Å². The third kappa shape index (κ3) is 2.24. The molecule has 0 fully saturated rings. The first-order valence-corrected chi connectivity index (χ1v) is 4.77. The van der Waals surface area contributed by atoms with Crippen molar-refractivity contribution in [3.8, 4) is 11.5 Å². The van der Waals surface area contributed by atoms with Crippen LogP contribution in [0.25, 0.3) is 0 Å². The summed E-state index contributed by atoms with van der Waals surface area (Å²) in [5, 5.41) is 27.3. The first-order valence-electron chi connectivity index (χ1n) is 4.77. The number of hydrogen-bond donors (Lipinski definition) is 3. The Bertz CT molecular complexity index is 428. The molecule has 5 heteroatoms. The van der Waals surface area contributed by atoms with Crippen molar-refractivity contribution < 1.29 is 24.5 Å². The van der Waals surface area contributed by atoms with Crippen molar-refractivity contribution in [1.82, 2.24) is 0 Å². The van der Waals surface area contributed by atoms with E-state index in [-0.39, 0.29) is 17.5 Å². The lowest BCUT2D eigenvalue weighted by atomic mass is 9.98. The number of aliphatic carboxylic acids is 1. The van der Waals surface area contributed by atoms with Crippen molar-refractivity contribution >= 4 is 5.97 Å². The molecule has 0 radical (unpaired) electrons. The summed E-state index contributed by atoms with van der Waals surface area (Å²) < 4.78 is 13.3. The third-order valence-corrected chi connectivity index (χ3v) is 2.43. The van der Waals surface area contributed by atoms with Crippen molar-refractivity contribution in [2.24, 2.45) is 5.92 Å². The summed E-state index contributed by atoms with van der Waals surface area (Å²) in [7, 11) is 0. The molecule has 0 heterocycles. The SMILES string of the molecule is Cc1cc(CC(C)C(=O)O)c(O)c(F)c1O. The number of benzene rings is 1. The lowest BCUT2D eigenvalue weighted by molar-refractivity contribution is -0.141. The van der Waals surface area contributed by atoms with Gasteiger partial charge in [-0.05, 0) is 30.5 Å². The van der Waals surface area contributed by atoms with Crippen LogP contribution in [-0.4, -0.2) is 21.3 Å². The van der Waals surface area contributed by atoms with Crippen LogP contribution >= 0.6 is 0 Å². The summed E-state index contributed by atoms with van der Waals surface area (Å²) in [6.45, 7) is 2.94. The number of aryl methyl sites for hydroxylation is 1. The van der Waals surface area contributed by atoms with Crippen LogP contribution in [0.15, 0.2) is 6.07 Å². The zero-order valence-corrected chi connectivity index (χ0v) is 8.99. The van der Waals surface area contributed by atoms with Gasteiger partial charge in [0, 0.05) is 0 Å². The molecule has 0 aliphatic rings. The number of carbonyl (C=O) groups is 1. The Hall–Kier alpha value is -1.78. The van der Waals surface area contributed by atoms with Crippen molar-refractivity contribution in [3.05, 3.63) is 23.0 Å². The summed E-state index contributed by atoms with van der Waals surface area (Å²) in [5.41, 5.74) is 0.450. The minimum atomic E-state index is -1.10. The van der Waals surface area contributed by atoms with Crippen LogP contribution < -0.4 is 0 Å². The predicted molar refractivity (Wildman–Crippen MR) is 55.0 cm³/mol. The van der Waals surface area contributed by atoms with Gasteiger partial charge >= 0.3 is 5.97 Å². The van der Waals surface area contributed by atoms with Gasteiger partial charge in [0.15, 0.2) is 11.5 Å². The fourth-order valence-corrected chi connectivity index (χ4v) is 1.40. The van der Waals surface area contributed by atoms with Gasteiger partial charge in [-0.2, -0.15) is 4.39 Å². The smallest absolute Gasteiger partial charge is 0.306 e. The van der Waals surface area contributed by atoms with E-state index in [0.29, 0.717) is 0 Å². The Morgan fingerprint density at radius 1 is 1.44 bits per heavy atom. The molecule has 3 N–H and O–H groups in total. The third-order valence-electron chi connectivity index (χ3n) is 2.43. The Labute approximate surface area is 92.0 Å². The van der Waals surface area contributed by atoms with E-state index in [1.165, 1.54) is 19.9 Å². The molecule has 0 spiro atoms. The van der Waals surface area contributed by atoms with E-state index < -0.39 is 29.2 Å². The van der Waals surface area contributed by atoms with Crippen LogP contribution in [0.1, 0.15) is 18.1 Å². The second-order valence-corrected chi connectivity index (χ2v) is 3.81. The fourth-order valence-electron chi connectivity index (χ4n) is 1.40. The molecule has 1 unspecified atom stereocenters. The van der Waals surface area contributed by atoms with Gasteiger partial charge in [0.25, 0.3) is 0 Å². The lowest BCUT2D eigenvalue weighted by Gasteiger charge is -2.11. The molecule has 0 saturated heterocycles. The van der Waals surface area contributed by atoms with Crippen LogP contribution in [0.5, 0.6) is 11.5 Å². The van der Waals surface area contributed by atoms with E-state index in [1.807, 2.05) is 0 Å². The van der Waals surface area contributed by atoms with E-state index in [1.54, 1.807) is 0 Å². The second kappa shape index (κ2) is 4.38. The summed E-state index contributed by atoms with van der Waals surface area (Å²) in [6.07, 6.45) is 0.0131. The number of phenolic OH excluding ortho intramolecular Hbond substituents is 2. The van der Waals surface area contributed by atoms with Crippen LogP contribution in [-0.2, 0) is 11.2 Å².